The lowest BCUT2D eigenvalue weighted by molar-refractivity contribution is -0.0355. The summed E-state index contributed by atoms with van der Waals surface area (Å²) in [5.74, 6) is -2.34. The predicted molar refractivity (Wildman–Crippen MR) is 89.5 cm³/mol. The average Bonchev–Trinajstić information content (AvgIpc) is 2.85. The van der Waals surface area contributed by atoms with Crippen LogP contribution < -0.4 is 11.0 Å². The Bertz CT molecular complexity index is 906. The number of rotatable bonds is 3. The van der Waals surface area contributed by atoms with E-state index in [9.17, 15) is 24.2 Å². The number of nitrogens with one attached hydrogen (secondary N) is 1. The smallest absolute Gasteiger partial charge is 0.351 e. The summed E-state index contributed by atoms with van der Waals surface area (Å²) in [6.07, 6.45) is -3.94. The van der Waals surface area contributed by atoms with Crippen molar-refractivity contribution in [2.45, 2.75) is 31.5 Å². The molecule has 2 aromatic rings. The highest BCUT2D eigenvalue weighted by molar-refractivity contribution is 6.34. The van der Waals surface area contributed by atoms with Gasteiger partial charge < -0.3 is 20.3 Å². The van der Waals surface area contributed by atoms with Crippen LogP contribution >= 0.6 is 11.6 Å². The molecular weight excluding hydrogens is 369 g/mol. The number of ether oxygens (including phenoxy) is 1. The van der Waals surface area contributed by atoms with E-state index < -0.39 is 47.8 Å². The van der Waals surface area contributed by atoms with Crippen LogP contribution in [0.15, 0.2) is 35.3 Å². The molecule has 1 aliphatic heterocycles. The summed E-state index contributed by atoms with van der Waals surface area (Å²) < 4.78 is 20.3. The fourth-order valence-corrected chi connectivity index (χ4v) is 2.81. The second kappa shape index (κ2) is 7.12. The molecule has 4 atom stereocenters. The maximum absolute atomic E-state index is 14.3. The number of carbonyl (C=O) groups excluding carboxylic acids is 1. The molecule has 2 heterocycles. The molecule has 0 spiro atoms. The summed E-state index contributed by atoms with van der Waals surface area (Å²) in [7, 11) is 0. The van der Waals surface area contributed by atoms with E-state index in [-0.39, 0.29) is 10.6 Å². The number of nitrogens with zero attached hydrogens (tertiary/aromatic N) is 2. The van der Waals surface area contributed by atoms with Crippen molar-refractivity contribution in [3.05, 3.63) is 57.3 Å². The fourth-order valence-electron chi connectivity index (χ4n) is 2.59. The molecule has 3 rings (SSSR count). The average molecular weight is 384 g/mol. The molecule has 1 aromatic carbocycles. The maximum atomic E-state index is 14.3. The van der Waals surface area contributed by atoms with Crippen LogP contribution in [0.1, 0.15) is 23.5 Å². The highest BCUT2D eigenvalue weighted by Crippen LogP contribution is 2.28. The van der Waals surface area contributed by atoms with E-state index in [1.54, 1.807) is 12.1 Å². The first-order valence-corrected chi connectivity index (χ1v) is 8.03. The maximum Gasteiger partial charge on any atom is 0.351 e. The summed E-state index contributed by atoms with van der Waals surface area (Å²) >= 11 is 5.90. The standard InChI is InChI=1S/C16H15ClFN3O5/c1-7-11(22)12(23)15(26-7)21-6-10(18)13(20-16(21)25)19-14(24)8-4-2-3-5-9(8)17/h2-7,11-12,15,22-23H,1H3,(H,19,20,24,25)/t7-,11?,12?,15-/m1/s1. The van der Waals surface area contributed by atoms with Gasteiger partial charge in [0, 0.05) is 0 Å². The number of aromatic nitrogens is 2. The van der Waals surface area contributed by atoms with Crippen molar-refractivity contribution in [3.8, 4) is 0 Å². The van der Waals surface area contributed by atoms with Gasteiger partial charge in [0.2, 0.25) is 0 Å². The second-order valence-electron chi connectivity index (χ2n) is 5.77. The fraction of sp³-hybridized carbons (Fsp3) is 0.312. The number of amides is 1. The molecule has 2 unspecified atom stereocenters. The van der Waals surface area contributed by atoms with Crippen LogP contribution in [-0.2, 0) is 4.74 Å². The second-order valence-corrected chi connectivity index (χ2v) is 6.18. The van der Waals surface area contributed by atoms with Crippen molar-refractivity contribution in [1.29, 1.82) is 0 Å². The van der Waals surface area contributed by atoms with Gasteiger partial charge in [-0.25, -0.2) is 9.18 Å². The van der Waals surface area contributed by atoms with Gasteiger partial charge in [-0.1, -0.05) is 23.7 Å². The number of carbonyl (C=O) groups is 1. The molecular formula is C16H15ClFN3O5. The summed E-state index contributed by atoms with van der Waals surface area (Å²) in [4.78, 5) is 27.8. The third kappa shape index (κ3) is 3.34. The Kier molecular flexibility index (Phi) is 5.05. The third-order valence-corrected chi connectivity index (χ3v) is 4.34. The van der Waals surface area contributed by atoms with Gasteiger partial charge in [0.05, 0.1) is 22.9 Å². The lowest BCUT2D eigenvalue weighted by Crippen LogP contribution is -2.36. The van der Waals surface area contributed by atoms with Crippen LogP contribution in [0.5, 0.6) is 0 Å². The SMILES string of the molecule is C[C@H]1O[C@@H](n2cc(F)c(NC(=O)c3ccccc3Cl)nc2=O)C(O)C1O. The number of anilines is 1. The van der Waals surface area contributed by atoms with Gasteiger partial charge in [-0.2, -0.15) is 4.98 Å². The van der Waals surface area contributed by atoms with Crippen LogP contribution in [0, 0.1) is 5.82 Å². The van der Waals surface area contributed by atoms with Gasteiger partial charge in [0.15, 0.2) is 17.9 Å². The number of aliphatic hydroxyl groups excluding tert-OH is 2. The topological polar surface area (TPSA) is 114 Å². The Balaban J connectivity index is 1.88. The first kappa shape index (κ1) is 18.5. The summed E-state index contributed by atoms with van der Waals surface area (Å²) in [6.45, 7) is 1.50. The highest BCUT2D eigenvalue weighted by Gasteiger charge is 2.42. The van der Waals surface area contributed by atoms with Gasteiger partial charge >= 0.3 is 5.69 Å². The lowest BCUT2D eigenvalue weighted by atomic mass is 10.1. The Labute approximate surface area is 151 Å². The van der Waals surface area contributed by atoms with Crippen LogP contribution in [0.25, 0.3) is 0 Å². The van der Waals surface area contributed by atoms with Crippen molar-refractivity contribution >= 4 is 23.3 Å². The molecule has 0 bridgehead atoms. The minimum Gasteiger partial charge on any atom is -0.388 e. The summed E-state index contributed by atoms with van der Waals surface area (Å²) in [5.41, 5.74) is -0.878. The van der Waals surface area contributed by atoms with E-state index in [1.165, 1.54) is 19.1 Å². The first-order valence-electron chi connectivity index (χ1n) is 7.65. The van der Waals surface area contributed by atoms with Crippen molar-refractivity contribution in [2.24, 2.45) is 0 Å². The van der Waals surface area contributed by atoms with E-state index in [4.69, 9.17) is 16.3 Å². The Morgan fingerprint density at radius 3 is 2.65 bits per heavy atom. The summed E-state index contributed by atoms with van der Waals surface area (Å²) in [6, 6.07) is 6.13. The number of halogens is 2. The van der Waals surface area contributed by atoms with Crippen molar-refractivity contribution in [1.82, 2.24) is 9.55 Å². The molecule has 3 N–H and O–H groups in total. The number of hydrogen-bond donors (Lipinski definition) is 3. The molecule has 0 aliphatic carbocycles. The van der Waals surface area contributed by atoms with Crippen LogP contribution in [0.3, 0.4) is 0 Å². The minimum atomic E-state index is -1.42. The third-order valence-electron chi connectivity index (χ3n) is 4.01. The Morgan fingerprint density at radius 2 is 2.04 bits per heavy atom. The van der Waals surface area contributed by atoms with Gasteiger partial charge in [0.25, 0.3) is 5.91 Å². The van der Waals surface area contributed by atoms with E-state index in [1.807, 2.05) is 0 Å². The molecule has 1 fully saturated rings. The molecule has 1 amide bonds. The molecule has 1 saturated heterocycles. The number of aliphatic hydroxyl groups is 2. The minimum absolute atomic E-state index is 0.0889. The lowest BCUT2D eigenvalue weighted by Gasteiger charge is -2.17. The first-order chi connectivity index (χ1) is 12.3. The predicted octanol–water partition coefficient (Wildman–Crippen LogP) is 0.927. The Morgan fingerprint density at radius 1 is 1.35 bits per heavy atom. The van der Waals surface area contributed by atoms with Gasteiger partial charge in [-0.3, -0.25) is 9.36 Å². The molecule has 138 valence electrons. The van der Waals surface area contributed by atoms with E-state index in [0.29, 0.717) is 0 Å². The van der Waals surface area contributed by atoms with E-state index in [0.717, 1.165) is 10.8 Å². The monoisotopic (exact) mass is 383 g/mol. The van der Waals surface area contributed by atoms with Crippen LogP contribution in [-0.4, -0.2) is 44.0 Å². The Hall–Kier alpha value is -2.33. The molecule has 10 heteroatoms. The molecule has 0 saturated carbocycles. The molecule has 26 heavy (non-hydrogen) atoms. The molecule has 8 nitrogen and oxygen atoms in total. The molecule has 0 radical (unpaired) electrons. The van der Waals surface area contributed by atoms with Crippen molar-refractivity contribution in [2.75, 3.05) is 5.32 Å². The summed E-state index contributed by atoms with van der Waals surface area (Å²) in [5, 5.41) is 22.0. The van der Waals surface area contributed by atoms with E-state index in [2.05, 4.69) is 10.3 Å². The normalized spacial score (nSPS) is 25.3. The van der Waals surface area contributed by atoms with Crippen LogP contribution in [0.2, 0.25) is 5.02 Å². The van der Waals surface area contributed by atoms with Gasteiger partial charge in [-0.15, -0.1) is 0 Å². The quantitative estimate of drug-likeness (QED) is 0.726. The zero-order chi connectivity index (χ0) is 19.0. The number of hydrogen-bond acceptors (Lipinski definition) is 6. The largest absolute Gasteiger partial charge is 0.388 e. The van der Waals surface area contributed by atoms with Crippen LogP contribution in [0.4, 0.5) is 10.2 Å². The number of benzene rings is 1. The van der Waals surface area contributed by atoms with Crippen molar-refractivity contribution < 1.29 is 24.1 Å². The van der Waals surface area contributed by atoms with E-state index >= 15 is 0 Å². The zero-order valence-corrected chi connectivity index (χ0v) is 14.2. The highest BCUT2D eigenvalue weighted by atomic mass is 35.5. The van der Waals surface area contributed by atoms with Gasteiger partial charge in [0.1, 0.15) is 12.2 Å². The molecule has 1 aliphatic rings. The van der Waals surface area contributed by atoms with Gasteiger partial charge in [-0.05, 0) is 19.1 Å². The van der Waals surface area contributed by atoms with Crippen molar-refractivity contribution in [3.63, 3.8) is 0 Å². The molecule has 1 aromatic heterocycles. The zero-order valence-electron chi connectivity index (χ0n) is 13.5.